The lowest BCUT2D eigenvalue weighted by molar-refractivity contribution is -0.0505. The summed E-state index contributed by atoms with van der Waals surface area (Å²) < 4.78 is 38.4. The molecule has 0 aliphatic rings. The van der Waals surface area contributed by atoms with Crippen LogP contribution in [0, 0.1) is 11.3 Å². The van der Waals surface area contributed by atoms with Crippen molar-refractivity contribution in [2.75, 3.05) is 13.7 Å². The monoisotopic (exact) mass is 271 g/mol. The summed E-state index contributed by atoms with van der Waals surface area (Å²) in [5.74, 6) is -1.21. The summed E-state index contributed by atoms with van der Waals surface area (Å²) in [6, 6.07) is 3.93. The SMILES string of the molecule is CCOC(=O)c1cc(C#N)c(OC)cc1OC(F)F. The zero-order chi connectivity index (χ0) is 14.4. The summed E-state index contributed by atoms with van der Waals surface area (Å²) >= 11 is 0. The average Bonchev–Trinajstić information content (AvgIpc) is 2.37. The molecule has 1 aromatic carbocycles. The van der Waals surface area contributed by atoms with Crippen LogP contribution in [0.15, 0.2) is 12.1 Å². The minimum Gasteiger partial charge on any atom is -0.495 e. The molecule has 1 aromatic rings. The van der Waals surface area contributed by atoms with Gasteiger partial charge in [0.15, 0.2) is 0 Å². The predicted octanol–water partition coefficient (Wildman–Crippen LogP) is 2.34. The van der Waals surface area contributed by atoms with Gasteiger partial charge in [-0.2, -0.15) is 14.0 Å². The Morgan fingerprint density at radius 1 is 1.42 bits per heavy atom. The molecule has 1 rings (SSSR count). The van der Waals surface area contributed by atoms with Gasteiger partial charge in [-0.1, -0.05) is 0 Å². The maximum absolute atomic E-state index is 12.3. The molecule has 0 amide bonds. The van der Waals surface area contributed by atoms with E-state index in [1.54, 1.807) is 13.0 Å². The molecule has 0 spiro atoms. The predicted molar refractivity (Wildman–Crippen MR) is 60.3 cm³/mol. The highest BCUT2D eigenvalue weighted by atomic mass is 19.3. The molecule has 0 atom stereocenters. The Labute approximate surface area is 108 Å². The van der Waals surface area contributed by atoms with E-state index in [1.165, 1.54) is 7.11 Å². The molecule has 102 valence electrons. The van der Waals surface area contributed by atoms with E-state index in [0.717, 1.165) is 12.1 Å². The van der Waals surface area contributed by atoms with Crippen molar-refractivity contribution < 1.29 is 27.8 Å². The molecule has 0 bridgehead atoms. The van der Waals surface area contributed by atoms with Gasteiger partial charge in [-0.05, 0) is 13.0 Å². The lowest BCUT2D eigenvalue weighted by atomic mass is 10.1. The van der Waals surface area contributed by atoms with Crippen LogP contribution >= 0.6 is 0 Å². The second-order valence-electron chi connectivity index (χ2n) is 3.26. The second-order valence-corrected chi connectivity index (χ2v) is 3.26. The zero-order valence-electron chi connectivity index (χ0n) is 10.3. The molecule has 0 heterocycles. The number of rotatable bonds is 5. The number of nitriles is 1. The minimum absolute atomic E-state index is 0.0205. The first-order valence-corrected chi connectivity index (χ1v) is 5.27. The van der Waals surface area contributed by atoms with Gasteiger partial charge < -0.3 is 14.2 Å². The molecule has 0 unspecified atom stereocenters. The van der Waals surface area contributed by atoms with E-state index in [4.69, 9.17) is 14.7 Å². The van der Waals surface area contributed by atoms with E-state index in [0.29, 0.717) is 0 Å². The third-order valence-corrected chi connectivity index (χ3v) is 2.13. The maximum atomic E-state index is 12.3. The molecule has 0 saturated heterocycles. The molecule has 5 nitrogen and oxygen atoms in total. The second kappa shape index (κ2) is 6.54. The van der Waals surface area contributed by atoms with Crippen molar-refractivity contribution in [2.24, 2.45) is 0 Å². The van der Waals surface area contributed by atoms with Crippen molar-refractivity contribution in [3.8, 4) is 17.6 Å². The number of hydrogen-bond acceptors (Lipinski definition) is 5. The molecule has 0 aliphatic carbocycles. The van der Waals surface area contributed by atoms with Crippen LogP contribution in [0.5, 0.6) is 11.5 Å². The van der Waals surface area contributed by atoms with Crippen LogP contribution in [-0.2, 0) is 4.74 Å². The van der Waals surface area contributed by atoms with Crippen molar-refractivity contribution in [2.45, 2.75) is 13.5 Å². The number of carbonyl (C=O) groups excluding carboxylic acids is 1. The third-order valence-electron chi connectivity index (χ3n) is 2.13. The van der Waals surface area contributed by atoms with Crippen LogP contribution < -0.4 is 9.47 Å². The van der Waals surface area contributed by atoms with Gasteiger partial charge in [-0.3, -0.25) is 0 Å². The lowest BCUT2D eigenvalue weighted by Gasteiger charge is -2.12. The number of alkyl halides is 2. The molecular weight excluding hydrogens is 260 g/mol. The van der Waals surface area contributed by atoms with Gasteiger partial charge in [-0.25, -0.2) is 4.79 Å². The smallest absolute Gasteiger partial charge is 0.387 e. The molecular formula is C12H11F2NO4. The van der Waals surface area contributed by atoms with Crippen molar-refractivity contribution in [1.82, 2.24) is 0 Å². The number of esters is 1. The maximum Gasteiger partial charge on any atom is 0.387 e. The molecule has 0 saturated carbocycles. The standard InChI is InChI=1S/C12H11F2NO4/c1-3-18-11(16)8-4-7(6-15)9(17-2)5-10(8)19-12(13)14/h4-5,12H,3H2,1-2H3. The van der Waals surface area contributed by atoms with Gasteiger partial charge in [0, 0.05) is 6.07 Å². The fourth-order valence-corrected chi connectivity index (χ4v) is 1.38. The van der Waals surface area contributed by atoms with Crippen LogP contribution in [-0.4, -0.2) is 26.3 Å². The van der Waals surface area contributed by atoms with E-state index in [-0.39, 0.29) is 23.5 Å². The summed E-state index contributed by atoms with van der Waals surface area (Å²) in [5.41, 5.74) is -0.230. The third kappa shape index (κ3) is 3.55. The Kier molecular flexibility index (Phi) is 5.06. The molecule has 0 fully saturated rings. The summed E-state index contributed by atoms with van der Waals surface area (Å²) in [6.07, 6.45) is 0. The summed E-state index contributed by atoms with van der Waals surface area (Å²) in [4.78, 5) is 11.6. The van der Waals surface area contributed by atoms with Crippen LogP contribution in [0.2, 0.25) is 0 Å². The zero-order valence-corrected chi connectivity index (χ0v) is 10.3. The van der Waals surface area contributed by atoms with Gasteiger partial charge in [0.25, 0.3) is 0 Å². The number of carbonyl (C=O) groups is 1. The Morgan fingerprint density at radius 3 is 2.58 bits per heavy atom. The normalized spacial score (nSPS) is 9.89. The number of benzene rings is 1. The van der Waals surface area contributed by atoms with E-state index in [1.807, 2.05) is 0 Å². The highest BCUT2D eigenvalue weighted by Crippen LogP contribution is 2.30. The molecule has 0 N–H and O–H groups in total. The lowest BCUT2D eigenvalue weighted by Crippen LogP contribution is -2.11. The molecule has 0 aliphatic heterocycles. The molecule has 0 aromatic heterocycles. The van der Waals surface area contributed by atoms with Gasteiger partial charge >= 0.3 is 12.6 Å². The number of hydrogen-bond donors (Lipinski definition) is 0. The Morgan fingerprint density at radius 2 is 2.11 bits per heavy atom. The topological polar surface area (TPSA) is 68.6 Å². The van der Waals surface area contributed by atoms with E-state index >= 15 is 0 Å². The van der Waals surface area contributed by atoms with Crippen LogP contribution in [0.3, 0.4) is 0 Å². The average molecular weight is 271 g/mol. The number of halogens is 2. The number of nitrogens with zero attached hydrogens (tertiary/aromatic N) is 1. The van der Waals surface area contributed by atoms with Crippen molar-refractivity contribution in [3.63, 3.8) is 0 Å². The Bertz CT molecular complexity index is 511. The Balaban J connectivity index is 3.32. The van der Waals surface area contributed by atoms with Crippen molar-refractivity contribution in [1.29, 1.82) is 5.26 Å². The van der Waals surface area contributed by atoms with Crippen molar-refractivity contribution >= 4 is 5.97 Å². The highest BCUT2D eigenvalue weighted by Gasteiger charge is 2.20. The minimum atomic E-state index is -3.11. The number of ether oxygens (including phenoxy) is 3. The van der Waals surface area contributed by atoms with Crippen molar-refractivity contribution in [3.05, 3.63) is 23.3 Å². The van der Waals surface area contributed by atoms with Gasteiger partial charge in [-0.15, -0.1) is 0 Å². The summed E-state index contributed by atoms with van der Waals surface area (Å²) in [6.45, 7) is -1.47. The number of methoxy groups -OCH3 is 1. The van der Waals surface area contributed by atoms with E-state index < -0.39 is 18.3 Å². The molecule has 19 heavy (non-hydrogen) atoms. The largest absolute Gasteiger partial charge is 0.495 e. The molecule has 7 heteroatoms. The van der Waals surface area contributed by atoms with Crippen LogP contribution in [0.1, 0.15) is 22.8 Å². The summed E-state index contributed by atoms with van der Waals surface area (Å²) in [7, 11) is 1.27. The van der Waals surface area contributed by atoms with Crippen LogP contribution in [0.4, 0.5) is 8.78 Å². The van der Waals surface area contributed by atoms with E-state index in [9.17, 15) is 13.6 Å². The van der Waals surface area contributed by atoms with Gasteiger partial charge in [0.05, 0.1) is 19.3 Å². The summed E-state index contributed by atoms with van der Waals surface area (Å²) in [5, 5.41) is 8.89. The van der Waals surface area contributed by atoms with Crippen LogP contribution in [0.25, 0.3) is 0 Å². The molecule has 0 radical (unpaired) electrons. The quantitative estimate of drug-likeness (QED) is 0.769. The van der Waals surface area contributed by atoms with Gasteiger partial charge in [0.2, 0.25) is 0 Å². The fourth-order valence-electron chi connectivity index (χ4n) is 1.38. The first-order valence-electron chi connectivity index (χ1n) is 5.27. The first kappa shape index (κ1) is 14.7. The first-order chi connectivity index (χ1) is 9.03. The van der Waals surface area contributed by atoms with Gasteiger partial charge in [0.1, 0.15) is 23.1 Å². The highest BCUT2D eigenvalue weighted by molar-refractivity contribution is 5.93. The Hall–Kier alpha value is -2.36. The van der Waals surface area contributed by atoms with E-state index in [2.05, 4.69) is 4.74 Å². The fraction of sp³-hybridized carbons (Fsp3) is 0.333.